The highest BCUT2D eigenvalue weighted by atomic mass is 32.1. The van der Waals surface area contributed by atoms with Crippen molar-refractivity contribution < 1.29 is 4.79 Å². The summed E-state index contributed by atoms with van der Waals surface area (Å²) in [6.07, 6.45) is 2.10. The van der Waals surface area contributed by atoms with Crippen LogP contribution in [0.15, 0.2) is 6.07 Å². The Labute approximate surface area is 135 Å². The van der Waals surface area contributed by atoms with Crippen molar-refractivity contribution in [2.45, 2.75) is 46.6 Å². The summed E-state index contributed by atoms with van der Waals surface area (Å²) in [5, 5.41) is 5.54. The molecule has 6 heteroatoms. The van der Waals surface area contributed by atoms with Crippen LogP contribution in [0.4, 0.5) is 0 Å². The maximum absolute atomic E-state index is 12.8. The van der Waals surface area contributed by atoms with Crippen molar-refractivity contribution in [3.05, 3.63) is 33.0 Å². The van der Waals surface area contributed by atoms with Gasteiger partial charge in [-0.15, -0.1) is 11.3 Å². The molecule has 5 nitrogen and oxygen atoms in total. The Bertz CT molecular complexity index is 703. The number of rotatable bonds is 2. The van der Waals surface area contributed by atoms with Crippen LogP contribution >= 0.6 is 11.3 Å². The first kappa shape index (κ1) is 15.2. The van der Waals surface area contributed by atoms with Crippen LogP contribution in [0, 0.1) is 27.7 Å². The number of likely N-dealkylation sites (tertiary alicyclic amines) is 1. The Morgan fingerprint density at radius 3 is 2.68 bits per heavy atom. The predicted molar refractivity (Wildman–Crippen MR) is 87.5 cm³/mol. The molecule has 0 radical (unpaired) electrons. The summed E-state index contributed by atoms with van der Waals surface area (Å²) in [5.41, 5.74) is 3.05. The normalized spacial score (nSPS) is 18.7. The predicted octanol–water partition coefficient (Wildman–Crippen LogP) is 3.05. The van der Waals surface area contributed by atoms with E-state index in [1.54, 1.807) is 0 Å². The van der Waals surface area contributed by atoms with E-state index in [1.165, 1.54) is 17.0 Å². The van der Waals surface area contributed by atoms with Crippen molar-refractivity contribution in [2.75, 3.05) is 13.1 Å². The van der Waals surface area contributed by atoms with Crippen molar-refractivity contribution in [3.63, 3.8) is 0 Å². The number of thiazole rings is 1. The largest absolute Gasteiger partial charge is 0.336 e. The van der Waals surface area contributed by atoms with Crippen LogP contribution in [0.2, 0.25) is 0 Å². The van der Waals surface area contributed by atoms with Gasteiger partial charge in [0.2, 0.25) is 0 Å². The third-order valence-corrected chi connectivity index (χ3v) is 5.23. The van der Waals surface area contributed by atoms with Gasteiger partial charge in [-0.05, 0) is 46.6 Å². The molecule has 0 aromatic carbocycles. The van der Waals surface area contributed by atoms with Crippen LogP contribution in [0.5, 0.6) is 0 Å². The SMILES string of the molecule is Cc1cc(C)n(C2CCCN(C(=O)c3sc(C)nc3C)C2)n1. The third kappa shape index (κ3) is 2.79. The molecule has 0 aliphatic carbocycles. The van der Waals surface area contributed by atoms with E-state index >= 15 is 0 Å². The van der Waals surface area contributed by atoms with Crippen molar-refractivity contribution in [1.29, 1.82) is 0 Å². The van der Waals surface area contributed by atoms with Crippen molar-refractivity contribution >= 4 is 17.2 Å². The Hall–Kier alpha value is -1.69. The highest BCUT2D eigenvalue weighted by Gasteiger charge is 2.28. The average molecular weight is 318 g/mol. The van der Waals surface area contributed by atoms with E-state index < -0.39 is 0 Å². The van der Waals surface area contributed by atoms with Crippen LogP contribution in [-0.4, -0.2) is 38.7 Å². The number of aromatic nitrogens is 3. The number of piperidine rings is 1. The summed E-state index contributed by atoms with van der Waals surface area (Å²) in [6, 6.07) is 2.37. The summed E-state index contributed by atoms with van der Waals surface area (Å²) in [4.78, 5) is 19.9. The molecular weight excluding hydrogens is 296 g/mol. The highest BCUT2D eigenvalue weighted by molar-refractivity contribution is 7.13. The summed E-state index contributed by atoms with van der Waals surface area (Å²) >= 11 is 1.50. The first-order valence-electron chi connectivity index (χ1n) is 7.71. The van der Waals surface area contributed by atoms with Gasteiger partial charge in [0.1, 0.15) is 4.88 Å². The highest BCUT2D eigenvalue weighted by Crippen LogP contribution is 2.26. The zero-order chi connectivity index (χ0) is 15.9. The van der Waals surface area contributed by atoms with Crippen LogP contribution < -0.4 is 0 Å². The van der Waals surface area contributed by atoms with E-state index in [4.69, 9.17) is 0 Å². The van der Waals surface area contributed by atoms with E-state index in [9.17, 15) is 4.79 Å². The number of amides is 1. The maximum Gasteiger partial charge on any atom is 0.265 e. The maximum atomic E-state index is 12.8. The lowest BCUT2D eigenvalue weighted by Crippen LogP contribution is -2.41. The number of aryl methyl sites for hydroxylation is 4. The lowest BCUT2D eigenvalue weighted by atomic mass is 10.1. The van der Waals surface area contributed by atoms with Crippen LogP contribution in [0.3, 0.4) is 0 Å². The molecule has 2 aromatic heterocycles. The Kier molecular flexibility index (Phi) is 4.04. The molecule has 1 atom stereocenters. The number of carbonyl (C=O) groups is 1. The van der Waals surface area contributed by atoms with Gasteiger partial charge in [0.15, 0.2) is 0 Å². The Morgan fingerprint density at radius 2 is 2.09 bits per heavy atom. The second-order valence-corrected chi connectivity index (χ2v) is 7.27. The molecular formula is C16H22N4OS. The van der Waals surface area contributed by atoms with Gasteiger partial charge in [0.05, 0.1) is 22.4 Å². The molecule has 118 valence electrons. The van der Waals surface area contributed by atoms with Gasteiger partial charge >= 0.3 is 0 Å². The molecule has 22 heavy (non-hydrogen) atoms. The molecule has 2 aromatic rings. The summed E-state index contributed by atoms with van der Waals surface area (Å²) in [7, 11) is 0. The van der Waals surface area contributed by atoms with Crippen LogP contribution in [0.1, 0.15) is 50.6 Å². The standard InChI is InChI=1S/C16H22N4OS/c1-10-8-11(2)20(18-10)14-6-5-7-19(9-14)16(21)15-12(3)17-13(4)22-15/h8,14H,5-7,9H2,1-4H3. The molecule has 1 unspecified atom stereocenters. The zero-order valence-electron chi connectivity index (χ0n) is 13.6. The first-order valence-corrected chi connectivity index (χ1v) is 8.53. The average Bonchev–Trinajstić information content (AvgIpc) is 2.99. The number of hydrogen-bond donors (Lipinski definition) is 0. The fraction of sp³-hybridized carbons (Fsp3) is 0.562. The molecule has 1 aliphatic rings. The van der Waals surface area contributed by atoms with Crippen molar-refractivity contribution in [3.8, 4) is 0 Å². The van der Waals surface area contributed by atoms with Gasteiger partial charge in [-0.3, -0.25) is 9.48 Å². The van der Waals surface area contributed by atoms with Gasteiger partial charge < -0.3 is 4.90 Å². The van der Waals surface area contributed by atoms with E-state index in [1.807, 2.05) is 25.7 Å². The fourth-order valence-electron chi connectivity index (χ4n) is 3.23. The second-order valence-electron chi connectivity index (χ2n) is 6.07. The Morgan fingerprint density at radius 1 is 1.32 bits per heavy atom. The topological polar surface area (TPSA) is 51.0 Å². The molecule has 1 amide bonds. The van der Waals surface area contributed by atoms with E-state index in [0.29, 0.717) is 0 Å². The lowest BCUT2D eigenvalue weighted by Gasteiger charge is -2.33. The van der Waals surface area contributed by atoms with Gasteiger partial charge in [-0.1, -0.05) is 0 Å². The van der Waals surface area contributed by atoms with Gasteiger partial charge in [0.25, 0.3) is 5.91 Å². The second kappa shape index (κ2) is 5.83. The minimum atomic E-state index is 0.120. The number of hydrogen-bond acceptors (Lipinski definition) is 4. The molecule has 1 saturated heterocycles. The summed E-state index contributed by atoms with van der Waals surface area (Å²) < 4.78 is 2.08. The van der Waals surface area contributed by atoms with Crippen molar-refractivity contribution in [1.82, 2.24) is 19.7 Å². The van der Waals surface area contributed by atoms with Gasteiger partial charge in [-0.25, -0.2) is 4.98 Å². The molecule has 3 rings (SSSR count). The quantitative estimate of drug-likeness (QED) is 0.855. The lowest BCUT2D eigenvalue weighted by molar-refractivity contribution is 0.0675. The Balaban J connectivity index is 1.80. The summed E-state index contributed by atoms with van der Waals surface area (Å²) in [5.74, 6) is 0.120. The molecule has 3 heterocycles. The number of nitrogens with zero attached hydrogens (tertiary/aromatic N) is 4. The fourth-order valence-corrected chi connectivity index (χ4v) is 4.12. The molecule has 0 N–H and O–H groups in total. The van der Waals surface area contributed by atoms with Crippen LogP contribution in [-0.2, 0) is 0 Å². The van der Waals surface area contributed by atoms with Gasteiger partial charge in [0, 0.05) is 18.8 Å². The first-order chi connectivity index (χ1) is 10.5. The monoisotopic (exact) mass is 318 g/mol. The molecule has 1 aliphatic heterocycles. The molecule has 0 spiro atoms. The smallest absolute Gasteiger partial charge is 0.265 e. The molecule has 0 saturated carbocycles. The zero-order valence-corrected chi connectivity index (χ0v) is 14.4. The van der Waals surface area contributed by atoms with E-state index in [2.05, 4.69) is 27.8 Å². The third-order valence-electron chi connectivity index (χ3n) is 4.17. The van der Waals surface area contributed by atoms with E-state index in [-0.39, 0.29) is 11.9 Å². The minimum absolute atomic E-state index is 0.120. The molecule has 1 fully saturated rings. The minimum Gasteiger partial charge on any atom is -0.336 e. The molecule has 0 bridgehead atoms. The van der Waals surface area contributed by atoms with Crippen molar-refractivity contribution in [2.24, 2.45) is 0 Å². The number of carbonyl (C=O) groups excluding carboxylic acids is 1. The van der Waals surface area contributed by atoms with Crippen LogP contribution in [0.25, 0.3) is 0 Å². The van der Waals surface area contributed by atoms with Gasteiger partial charge in [-0.2, -0.15) is 5.10 Å². The summed E-state index contributed by atoms with van der Waals surface area (Å²) in [6.45, 7) is 9.51. The van der Waals surface area contributed by atoms with E-state index in [0.717, 1.165) is 47.2 Å².